The van der Waals surface area contributed by atoms with Gasteiger partial charge in [-0.05, 0) is 78.7 Å². The van der Waals surface area contributed by atoms with Crippen LogP contribution < -0.4 is 15.5 Å². The molecule has 0 radical (unpaired) electrons. The fourth-order valence-electron chi connectivity index (χ4n) is 4.49. The number of nitrogens with one attached hydrogen (secondary N) is 2. The Morgan fingerprint density at radius 2 is 1.15 bits per heavy atom. The van der Waals surface area contributed by atoms with Crippen LogP contribution in [0.25, 0.3) is 0 Å². The predicted octanol–water partition coefficient (Wildman–Crippen LogP) is 8.22. The van der Waals surface area contributed by atoms with Crippen molar-refractivity contribution in [2.75, 3.05) is 15.5 Å². The highest BCUT2D eigenvalue weighted by atomic mass is 16.2. The maximum atomic E-state index is 13.5. The van der Waals surface area contributed by atoms with Crippen molar-refractivity contribution in [2.24, 2.45) is 0 Å². The van der Waals surface area contributed by atoms with Crippen LogP contribution in [-0.4, -0.2) is 11.8 Å². The number of hydrogen-bond donors (Lipinski definition) is 2. The molecule has 2 amide bonds. The van der Waals surface area contributed by atoms with Gasteiger partial charge in [0.25, 0.3) is 11.8 Å². The van der Waals surface area contributed by atoms with Gasteiger partial charge in [0, 0.05) is 28.3 Å². The zero-order chi connectivity index (χ0) is 27.0. The Balaban J connectivity index is 1.37. The van der Waals surface area contributed by atoms with Crippen LogP contribution in [0.15, 0.2) is 133 Å². The minimum Gasteiger partial charge on any atom is -0.322 e. The van der Waals surface area contributed by atoms with E-state index >= 15 is 0 Å². The van der Waals surface area contributed by atoms with Crippen molar-refractivity contribution in [2.45, 2.75) is 13.3 Å². The number of hydrogen-bond acceptors (Lipinski definition) is 3. The Hall–Kier alpha value is -5.16. The van der Waals surface area contributed by atoms with Gasteiger partial charge in [0.1, 0.15) is 0 Å². The van der Waals surface area contributed by atoms with Gasteiger partial charge in [0.05, 0.1) is 11.3 Å². The number of para-hydroxylation sites is 4. The summed E-state index contributed by atoms with van der Waals surface area (Å²) in [6, 6.07) is 42.1. The summed E-state index contributed by atoms with van der Waals surface area (Å²) in [6.07, 6.45) is 0.828. The summed E-state index contributed by atoms with van der Waals surface area (Å²) in [7, 11) is 0. The monoisotopic (exact) mass is 511 g/mol. The SMILES string of the molecule is CCc1ccccc1NC(=O)c1ccc(NC(=O)c2ccccc2N(c2ccccc2)c2ccccc2)cc1. The van der Waals surface area contributed by atoms with Crippen LogP contribution in [0.3, 0.4) is 0 Å². The minimum atomic E-state index is -0.239. The average molecular weight is 512 g/mol. The van der Waals surface area contributed by atoms with Crippen molar-refractivity contribution in [3.8, 4) is 0 Å². The molecule has 0 saturated heterocycles. The third-order valence-corrected chi connectivity index (χ3v) is 6.47. The second kappa shape index (κ2) is 11.9. The lowest BCUT2D eigenvalue weighted by Crippen LogP contribution is -2.18. The van der Waals surface area contributed by atoms with E-state index in [4.69, 9.17) is 0 Å². The largest absolute Gasteiger partial charge is 0.322 e. The van der Waals surface area contributed by atoms with Gasteiger partial charge < -0.3 is 15.5 Å². The molecule has 0 aliphatic heterocycles. The molecule has 5 nitrogen and oxygen atoms in total. The second-order valence-electron chi connectivity index (χ2n) is 9.02. The third kappa shape index (κ3) is 5.89. The molecular formula is C34H29N3O2. The van der Waals surface area contributed by atoms with E-state index in [9.17, 15) is 9.59 Å². The summed E-state index contributed by atoms with van der Waals surface area (Å²) in [5.74, 6) is -0.433. The molecule has 0 atom stereocenters. The van der Waals surface area contributed by atoms with Crippen molar-refractivity contribution >= 4 is 40.3 Å². The molecule has 5 aromatic rings. The maximum Gasteiger partial charge on any atom is 0.257 e. The molecule has 0 aliphatic rings. The van der Waals surface area contributed by atoms with Crippen LogP contribution in [0, 0.1) is 0 Å². The van der Waals surface area contributed by atoms with Crippen LogP contribution in [0.5, 0.6) is 0 Å². The molecule has 39 heavy (non-hydrogen) atoms. The lowest BCUT2D eigenvalue weighted by Gasteiger charge is -2.27. The van der Waals surface area contributed by atoms with E-state index < -0.39 is 0 Å². The van der Waals surface area contributed by atoms with E-state index in [0.29, 0.717) is 16.8 Å². The zero-order valence-corrected chi connectivity index (χ0v) is 21.7. The number of anilines is 5. The van der Waals surface area contributed by atoms with Crippen LogP contribution in [0.4, 0.5) is 28.4 Å². The number of benzene rings is 5. The third-order valence-electron chi connectivity index (χ3n) is 6.47. The molecule has 0 saturated carbocycles. The quantitative estimate of drug-likeness (QED) is 0.221. The van der Waals surface area contributed by atoms with Gasteiger partial charge >= 0.3 is 0 Å². The Morgan fingerprint density at radius 1 is 0.590 bits per heavy atom. The lowest BCUT2D eigenvalue weighted by atomic mass is 10.1. The topological polar surface area (TPSA) is 61.4 Å². The predicted molar refractivity (Wildman–Crippen MR) is 159 cm³/mol. The molecule has 0 bridgehead atoms. The highest BCUT2D eigenvalue weighted by Crippen LogP contribution is 2.36. The highest BCUT2D eigenvalue weighted by Gasteiger charge is 2.19. The summed E-state index contributed by atoms with van der Waals surface area (Å²) in [4.78, 5) is 28.4. The Morgan fingerprint density at radius 3 is 1.79 bits per heavy atom. The van der Waals surface area contributed by atoms with Gasteiger partial charge in [-0.3, -0.25) is 9.59 Å². The molecule has 0 aliphatic carbocycles. The zero-order valence-electron chi connectivity index (χ0n) is 21.7. The van der Waals surface area contributed by atoms with Crippen LogP contribution in [-0.2, 0) is 6.42 Å². The number of carbonyl (C=O) groups excluding carboxylic acids is 2. The van der Waals surface area contributed by atoms with Crippen LogP contribution >= 0.6 is 0 Å². The summed E-state index contributed by atoms with van der Waals surface area (Å²) >= 11 is 0. The van der Waals surface area contributed by atoms with E-state index in [1.165, 1.54) is 0 Å². The average Bonchev–Trinajstić information content (AvgIpc) is 2.99. The number of amides is 2. The van der Waals surface area contributed by atoms with E-state index in [1.54, 1.807) is 24.3 Å². The van der Waals surface area contributed by atoms with Gasteiger partial charge in [0.2, 0.25) is 0 Å². The highest BCUT2D eigenvalue weighted by molar-refractivity contribution is 6.10. The first-order valence-electron chi connectivity index (χ1n) is 12.9. The first-order valence-corrected chi connectivity index (χ1v) is 12.9. The molecule has 5 aromatic carbocycles. The van der Waals surface area contributed by atoms with Crippen LogP contribution in [0.2, 0.25) is 0 Å². The Bertz CT molecular complexity index is 1530. The van der Waals surface area contributed by atoms with Crippen molar-refractivity contribution in [3.05, 3.63) is 150 Å². The lowest BCUT2D eigenvalue weighted by molar-refractivity contribution is 0.102. The fourth-order valence-corrected chi connectivity index (χ4v) is 4.49. The molecule has 0 spiro atoms. The Labute approximate surface area is 228 Å². The standard InChI is InChI=1S/C34H29N3O2/c1-2-25-13-9-11-19-31(25)36-33(38)26-21-23-27(24-22-26)35-34(39)30-18-10-12-20-32(30)37(28-14-5-3-6-15-28)29-16-7-4-8-17-29/h3-24H,2H2,1H3,(H,35,39)(H,36,38). The Kier molecular flexibility index (Phi) is 7.79. The number of nitrogens with zero attached hydrogens (tertiary/aromatic N) is 1. The smallest absolute Gasteiger partial charge is 0.257 e. The molecule has 0 unspecified atom stereocenters. The van der Waals surface area contributed by atoms with Gasteiger partial charge in [-0.1, -0.05) is 73.7 Å². The number of aryl methyl sites for hydroxylation is 1. The van der Waals surface area contributed by atoms with Gasteiger partial charge in [0.15, 0.2) is 0 Å². The summed E-state index contributed by atoms with van der Waals surface area (Å²) < 4.78 is 0. The molecule has 5 rings (SSSR count). The summed E-state index contributed by atoms with van der Waals surface area (Å²) in [5.41, 5.74) is 6.19. The molecule has 0 heterocycles. The van der Waals surface area contributed by atoms with E-state index in [-0.39, 0.29) is 11.8 Å². The van der Waals surface area contributed by atoms with Crippen molar-refractivity contribution < 1.29 is 9.59 Å². The van der Waals surface area contributed by atoms with Gasteiger partial charge in [-0.15, -0.1) is 0 Å². The van der Waals surface area contributed by atoms with E-state index in [0.717, 1.165) is 34.7 Å². The maximum absolute atomic E-state index is 13.5. The van der Waals surface area contributed by atoms with Gasteiger partial charge in [-0.2, -0.15) is 0 Å². The van der Waals surface area contributed by atoms with Crippen molar-refractivity contribution in [3.63, 3.8) is 0 Å². The summed E-state index contributed by atoms with van der Waals surface area (Å²) in [6.45, 7) is 2.06. The van der Waals surface area contributed by atoms with Crippen LogP contribution in [0.1, 0.15) is 33.2 Å². The normalized spacial score (nSPS) is 10.5. The van der Waals surface area contributed by atoms with Gasteiger partial charge in [-0.25, -0.2) is 0 Å². The molecule has 5 heteroatoms. The van der Waals surface area contributed by atoms with E-state index in [1.807, 2.05) is 109 Å². The minimum absolute atomic E-state index is 0.194. The molecule has 0 aromatic heterocycles. The molecule has 192 valence electrons. The summed E-state index contributed by atoms with van der Waals surface area (Å²) in [5, 5.41) is 5.98. The molecular weight excluding hydrogens is 482 g/mol. The first-order chi connectivity index (χ1) is 19.1. The molecule has 2 N–H and O–H groups in total. The first kappa shape index (κ1) is 25.5. The van der Waals surface area contributed by atoms with Crippen molar-refractivity contribution in [1.29, 1.82) is 0 Å². The number of rotatable bonds is 8. The van der Waals surface area contributed by atoms with E-state index in [2.05, 4.69) is 22.5 Å². The second-order valence-corrected chi connectivity index (χ2v) is 9.02. The number of carbonyl (C=O) groups is 2. The van der Waals surface area contributed by atoms with Crippen molar-refractivity contribution in [1.82, 2.24) is 0 Å². The fraction of sp³-hybridized carbons (Fsp3) is 0.0588. The molecule has 0 fully saturated rings.